The molecule has 2 heterocycles. The Bertz CT molecular complexity index is 480. The third kappa shape index (κ3) is 3.44. The summed E-state index contributed by atoms with van der Waals surface area (Å²) in [6.45, 7) is 5.03. The molecule has 1 atom stereocenters. The van der Waals surface area contributed by atoms with Crippen molar-refractivity contribution >= 4 is 5.91 Å². The van der Waals surface area contributed by atoms with Gasteiger partial charge in [0.25, 0.3) is 5.91 Å². The summed E-state index contributed by atoms with van der Waals surface area (Å²) in [6.07, 6.45) is 3.34. The predicted octanol–water partition coefficient (Wildman–Crippen LogP) is 1.74. The van der Waals surface area contributed by atoms with Crippen molar-refractivity contribution in [2.24, 2.45) is 5.92 Å². The first kappa shape index (κ1) is 14.5. The number of likely N-dealkylation sites (tertiary alicyclic amines) is 2. The SMILES string of the molecule is O=C(c1ccc(CN2CCC(CO)C2)cc1)N1CCCC1. The standard InChI is InChI=1S/C17H24N2O2/c20-13-15-7-10-18(12-15)11-14-3-5-16(6-4-14)17(21)19-8-1-2-9-19/h3-6,15,20H,1-2,7-13H2. The molecule has 2 fully saturated rings. The molecule has 0 aliphatic carbocycles. The van der Waals surface area contributed by atoms with E-state index in [-0.39, 0.29) is 5.91 Å². The van der Waals surface area contributed by atoms with Gasteiger partial charge in [-0.2, -0.15) is 0 Å². The third-order valence-electron chi connectivity index (χ3n) is 4.63. The van der Waals surface area contributed by atoms with E-state index in [0.717, 1.165) is 57.5 Å². The summed E-state index contributed by atoms with van der Waals surface area (Å²) < 4.78 is 0. The van der Waals surface area contributed by atoms with Crippen LogP contribution in [-0.2, 0) is 6.54 Å². The van der Waals surface area contributed by atoms with Crippen LogP contribution in [0.25, 0.3) is 0 Å². The zero-order chi connectivity index (χ0) is 14.7. The normalized spacial score (nSPS) is 22.9. The fourth-order valence-corrected chi connectivity index (χ4v) is 3.32. The molecule has 0 radical (unpaired) electrons. The largest absolute Gasteiger partial charge is 0.396 e. The Morgan fingerprint density at radius 1 is 1.14 bits per heavy atom. The third-order valence-corrected chi connectivity index (χ3v) is 4.63. The second-order valence-corrected chi connectivity index (χ2v) is 6.27. The quantitative estimate of drug-likeness (QED) is 0.918. The Kier molecular flexibility index (Phi) is 4.56. The average molecular weight is 288 g/mol. The van der Waals surface area contributed by atoms with Crippen molar-refractivity contribution in [2.75, 3.05) is 32.8 Å². The monoisotopic (exact) mass is 288 g/mol. The zero-order valence-electron chi connectivity index (χ0n) is 12.5. The number of aliphatic hydroxyl groups excluding tert-OH is 1. The number of amides is 1. The van der Waals surface area contributed by atoms with E-state index in [9.17, 15) is 9.90 Å². The molecule has 4 heteroatoms. The van der Waals surface area contributed by atoms with E-state index in [1.165, 1.54) is 5.56 Å². The van der Waals surface area contributed by atoms with Crippen LogP contribution in [0.15, 0.2) is 24.3 Å². The van der Waals surface area contributed by atoms with Crippen molar-refractivity contribution in [1.29, 1.82) is 0 Å². The van der Waals surface area contributed by atoms with Crippen LogP contribution in [0.1, 0.15) is 35.2 Å². The van der Waals surface area contributed by atoms with Crippen molar-refractivity contribution in [2.45, 2.75) is 25.8 Å². The second kappa shape index (κ2) is 6.58. The highest BCUT2D eigenvalue weighted by Crippen LogP contribution is 2.19. The van der Waals surface area contributed by atoms with Crippen molar-refractivity contribution in [3.63, 3.8) is 0 Å². The lowest BCUT2D eigenvalue weighted by atomic mass is 10.1. The minimum absolute atomic E-state index is 0.167. The Hall–Kier alpha value is -1.39. The van der Waals surface area contributed by atoms with Crippen LogP contribution in [0, 0.1) is 5.92 Å². The highest BCUT2D eigenvalue weighted by molar-refractivity contribution is 5.94. The Morgan fingerprint density at radius 3 is 2.48 bits per heavy atom. The minimum Gasteiger partial charge on any atom is -0.396 e. The van der Waals surface area contributed by atoms with E-state index in [4.69, 9.17) is 0 Å². The maximum atomic E-state index is 12.3. The minimum atomic E-state index is 0.167. The van der Waals surface area contributed by atoms with E-state index in [1.54, 1.807) is 0 Å². The van der Waals surface area contributed by atoms with E-state index in [0.29, 0.717) is 12.5 Å². The van der Waals surface area contributed by atoms with Crippen LogP contribution in [0.3, 0.4) is 0 Å². The predicted molar refractivity (Wildman–Crippen MR) is 82.0 cm³/mol. The molecule has 1 aromatic rings. The van der Waals surface area contributed by atoms with E-state index in [2.05, 4.69) is 17.0 Å². The van der Waals surface area contributed by atoms with Crippen molar-refractivity contribution in [1.82, 2.24) is 9.80 Å². The maximum Gasteiger partial charge on any atom is 0.253 e. The molecule has 114 valence electrons. The van der Waals surface area contributed by atoms with Crippen molar-refractivity contribution < 1.29 is 9.90 Å². The highest BCUT2D eigenvalue weighted by atomic mass is 16.3. The first-order chi connectivity index (χ1) is 10.3. The lowest BCUT2D eigenvalue weighted by molar-refractivity contribution is 0.0793. The number of carbonyl (C=O) groups excluding carboxylic acids is 1. The van der Waals surface area contributed by atoms with Crippen LogP contribution in [-0.4, -0.2) is 53.6 Å². The molecular weight excluding hydrogens is 264 g/mol. The molecule has 0 aromatic heterocycles. The highest BCUT2D eigenvalue weighted by Gasteiger charge is 2.22. The number of nitrogens with zero attached hydrogens (tertiary/aromatic N) is 2. The summed E-state index contributed by atoms with van der Waals surface area (Å²) in [5.41, 5.74) is 2.04. The van der Waals surface area contributed by atoms with Gasteiger partial charge in [0.15, 0.2) is 0 Å². The number of hydrogen-bond acceptors (Lipinski definition) is 3. The molecule has 0 saturated carbocycles. The molecule has 2 saturated heterocycles. The molecule has 0 spiro atoms. The summed E-state index contributed by atoms with van der Waals surface area (Å²) in [5, 5.41) is 9.18. The van der Waals surface area contributed by atoms with Gasteiger partial charge in [-0.15, -0.1) is 0 Å². The fourth-order valence-electron chi connectivity index (χ4n) is 3.32. The first-order valence-corrected chi connectivity index (χ1v) is 7.97. The van der Waals surface area contributed by atoms with Crippen LogP contribution >= 0.6 is 0 Å². The lowest BCUT2D eigenvalue weighted by Crippen LogP contribution is -2.27. The van der Waals surface area contributed by atoms with Crippen molar-refractivity contribution in [3.05, 3.63) is 35.4 Å². The molecule has 1 aromatic carbocycles. The molecule has 1 N–H and O–H groups in total. The maximum absolute atomic E-state index is 12.3. The van der Waals surface area contributed by atoms with Crippen molar-refractivity contribution in [3.8, 4) is 0 Å². The number of aliphatic hydroxyl groups is 1. The lowest BCUT2D eigenvalue weighted by Gasteiger charge is -2.17. The van der Waals surface area contributed by atoms with Gasteiger partial charge >= 0.3 is 0 Å². The summed E-state index contributed by atoms with van der Waals surface area (Å²) >= 11 is 0. The molecule has 2 aliphatic rings. The summed E-state index contributed by atoms with van der Waals surface area (Å²) in [4.78, 5) is 16.6. The number of carbonyl (C=O) groups is 1. The van der Waals surface area contributed by atoms with Gasteiger partial charge in [-0.3, -0.25) is 9.69 Å². The average Bonchev–Trinajstić information content (AvgIpc) is 3.19. The van der Waals surface area contributed by atoms with Crippen LogP contribution in [0.4, 0.5) is 0 Å². The summed E-state index contributed by atoms with van der Waals surface area (Å²) in [6, 6.07) is 8.04. The van der Waals surface area contributed by atoms with E-state index in [1.807, 2.05) is 17.0 Å². The smallest absolute Gasteiger partial charge is 0.253 e. The Morgan fingerprint density at radius 2 is 1.86 bits per heavy atom. The molecular formula is C17H24N2O2. The fraction of sp³-hybridized carbons (Fsp3) is 0.588. The van der Waals surface area contributed by atoms with Gasteiger partial charge in [-0.1, -0.05) is 12.1 Å². The molecule has 1 unspecified atom stereocenters. The molecule has 4 nitrogen and oxygen atoms in total. The van der Waals surface area contributed by atoms with Gasteiger partial charge in [-0.05, 0) is 49.4 Å². The van der Waals surface area contributed by atoms with Gasteiger partial charge < -0.3 is 10.0 Å². The Balaban J connectivity index is 1.58. The van der Waals surface area contributed by atoms with E-state index >= 15 is 0 Å². The van der Waals surface area contributed by atoms with Crippen LogP contribution < -0.4 is 0 Å². The second-order valence-electron chi connectivity index (χ2n) is 6.27. The molecule has 3 rings (SSSR count). The van der Waals surface area contributed by atoms with Gasteiger partial charge in [0, 0.05) is 38.3 Å². The van der Waals surface area contributed by atoms with Gasteiger partial charge in [0.05, 0.1) is 0 Å². The molecule has 2 aliphatic heterocycles. The molecule has 21 heavy (non-hydrogen) atoms. The summed E-state index contributed by atoms with van der Waals surface area (Å²) in [7, 11) is 0. The first-order valence-electron chi connectivity index (χ1n) is 7.97. The van der Waals surface area contributed by atoms with Gasteiger partial charge in [-0.25, -0.2) is 0 Å². The van der Waals surface area contributed by atoms with Gasteiger partial charge in [0.1, 0.15) is 0 Å². The summed E-state index contributed by atoms with van der Waals surface area (Å²) in [5.74, 6) is 0.599. The topological polar surface area (TPSA) is 43.8 Å². The van der Waals surface area contributed by atoms with Crippen LogP contribution in [0.5, 0.6) is 0 Å². The Labute approximate surface area is 126 Å². The van der Waals surface area contributed by atoms with Gasteiger partial charge in [0.2, 0.25) is 0 Å². The number of rotatable bonds is 4. The number of hydrogen-bond donors (Lipinski definition) is 1. The van der Waals surface area contributed by atoms with Crippen LogP contribution in [0.2, 0.25) is 0 Å². The molecule has 0 bridgehead atoms. The molecule has 1 amide bonds. The zero-order valence-corrected chi connectivity index (χ0v) is 12.5. The number of benzene rings is 1. The van der Waals surface area contributed by atoms with E-state index < -0.39 is 0 Å².